The summed E-state index contributed by atoms with van der Waals surface area (Å²) in [6, 6.07) is 13.9. The summed E-state index contributed by atoms with van der Waals surface area (Å²) < 4.78 is 0. The molecule has 2 aromatic heterocycles. The lowest BCUT2D eigenvalue weighted by molar-refractivity contribution is -0.120. The number of carbonyl (C=O) groups is 2. The van der Waals surface area contributed by atoms with Gasteiger partial charge in [0.05, 0.1) is 17.0 Å². The summed E-state index contributed by atoms with van der Waals surface area (Å²) in [5, 5.41) is 9.86. The van der Waals surface area contributed by atoms with Crippen molar-refractivity contribution in [3.05, 3.63) is 69.4 Å². The van der Waals surface area contributed by atoms with Gasteiger partial charge in [-0.3, -0.25) is 14.9 Å². The Hall–Kier alpha value is -2.55. The number of thiazole rings is 1. The van der Waals surface area contributed by atoms with Crippen LogP contribution in [0.1, 0.15) is 27.3 Å². The largest absolute Gasteiger partial charge is 0.356 e. The Morgan fingerprint density at radius 2 is 1.93 bits per heavy atom. The first kappa shape index (κ1) is 21.2. The highest BCUT2D eigenvalue weighted by atomic mass is 32.1. The molecule has 0 aliphatic rings. The number of carbonyl (C=O) groups excluding carboxylic acids is 2. The van der Waals surface area contributed by atoms with Gasteiger partial charge in [-0.15, -0.1) is 22.7 Å². The van der Waals surface area contributed by atoms with Gasteiger partial charge in [-0.1, -0.05) is 36.4 Å². The highest BCUT2D eigenvalue weighted by Gasteiger charge is 2.11. The van der Waals surface area contributed by atoms with E-state index >= 15 is 0 Å². The fourth-order valence-corrected chi connectivity index (χ4v) is 4.11. The van der Waals surface area contributed by atoms with Crippen molar-refractivity contribution < 1.29 is 9.59 Å². The maximum absolute atomic E-state index is 12.1. The van der Waals surface area contributed by atoms with Gasteiger partial charge in [0.1, 0.15) is 0 Å². The summed E-state index contributed by atoms with van der Waals surface area (Å²) in [5.41, 5.74) is 1.94. The van der Waals surface area contributed by atoms with Gasteiger partial charge in [-0.2, -0.15) is 0 Å². The first-order valence-corrected chi connectivity index (χ1v) is 11.1. The van der Waals surface area contributed by atoms with Gasteiger partial charge in [0.15, 0.2) is 5.13 Å². The highest BCUT2D eigenvalue weighted by molar-refractivity contribution is 7.14. The minimum atomic E-state index is -0.176. The molecule has 2 heterocycles. The van der Waals surface area contributed by atoms with Gasteiger partial charge in [0.2, 0.25) is 5.91 Å². The molecule has 0 bridgehead atoms. The van der Waals surface area contributed by atoms with Crippen molar-refractivity contribution in [1.82, 2.24) is 15.2 Å². The fraction of sp³-hybridized carbons (Fsp3) is 0.286. The molecule has 1 aromatic carbocycles. The maximum Gasteiger partial charge on any atom is 0.267 e. The number of anilines is 1. The van der Waals surface area contributed by atoms with Crippen LogP contribution in [0.4, 0.5) is 5.13 Å². The highest BCUT2D eigenvalue weighted by Crippen LogP contribution is 2.18. The van der Waals surface area contributed by atoms with E-state index in [2.05, 4.69) is 39.7 Å². The summed E-state index contributed by atoms with van der Waals surface area (Å²) in [7, 11) is 2.08. The molecule has 152 valence electrons. The molecule has 8 heteroatoms. The van der Waals surface area contributed by atoms with E-state index in [9.17, 15) is 9.59 Å². The van der Waals surface area contributed by atoms with E-state index in [1.165, 1.54) is 28.2 Å². The fourth-order valence-electron chi connectivity index (χ4n) is 2.79. The minimum Gasteiger partial charge on any atom is -0.356 e. The smallest absolute Gasteiger partial charge is 0.267 e. The summed E-state index contributed by atoms with van der Waals surface area (Å²) in [6.45, 7) is 2.43. The van der Waals surface area contributed by atoms with Crippen LogP contribution in [0, 0.1) is 0 Å². The number of hydrogen-bond donors (Lipinski definition) is 2. The molecule has 29 heavy (non-hydrogen) atoms. The van der Waals surface area contributed by atoms with E-state index in [-0.39, 0.29) is 18.2 Å². The lowest BCUT2D eigenvalue weighted by atomic mass is 10.2. The second-order valence-electron chi connectivity index (χ2n) is 6.68. The summed E-state index contributed by atoms with van der Waals surface area (Å²) >= 11 is 2.70. The molecule has 3 rings (SSSR count). The van der Waals surface area contributed by atoms with E-state index in [0.717, 1.165) is 19.5 Å². The maximum atomic E-state index is 12.1. The number of rotatable bonds is 10. The second-order valence-corrected chi connectivity index (χ2v) is 8.48. The average molecular weight is 429 g/mol. The number of aromatic nitrogens is 1. The van der Waals surface area contributed by atoms with E-state index in [0.29, 0.717) is 22.2 Å². The van der Waals surface area contributed by atoms with Crippen LogP contribution in [0.25, 0.3) is 0 Å². The van der Waals surface area contributed by atoms with Crippen molar-refractivity contribution in [3.63, 3.8) is 0 Å². The normalized spacial score (nSPS) is 10.8. The molecule has 0 spiro atoms. The van der Waals surface area contributed by atoms with Gasteiger partial charge in [-0.05, 0) is 37.0 Å². The average Bonchev–Trinajstić information content (AvgIpc) is 3.38. The predicted octanol–water partition coefficient (Wildman–Crippen LogP) is 3.64. The van der Waals surface area contributed by atoms with E-state index in [4.69, 9.17) is 0 Å². The summed E-state index contributed by atoms with van der Waals surface area (Å²) in [6.07, 6.45) is 1.10. The third-order valence-electron chi connectivity index (χ3n) is 4.19. The Balaban J connectivity index is 1.33. The van der Waals surface area contributed by atoms with E-state index in [1.54, 1.807) is 11.4 Å². The predicted molar refractivity (Wildman–Crippen MR) is 118 cm³/mol. The van der Waals surface area contributed by atoms with Crippen molar-refractivity contribution in [2.24, 2.45) is 0 Å². The van der Waals surface area contributed by atoms with Gasteiger partial charge in [-0.25, -0.2) is 4.98 Å². The molecular formula is C21H24N4O2S2. The Morgan fingerprint density at radius 3 is 2.69 bits per heavy atom. The minimum absolute atomic E-state index is 0.0582. The number of hydrogen-bond acceptors (Lipinski definition) is 6. The molecule has 0 saturated heterocycles. The molecule has 0 unspecified atom stereocenters. The summed E-state index contributed by atoms with van der Waals surface area (Å²) in [5.74, 6) is -0.234. The van der Waals surface area contributed by atoms with Crippen molar-refractivity contribution in [3.8, 4) is 0 Å². The SMILES string of the molecule is CN(CCCNC(=O)Cc1csc(NC(=O)c2cccs2)n1)Cc1ccccc1. The Bertz CT molecular complexity index is 910. The molecule has 0 saturated carbocycles. The van der Waals surface area contributed by atoms with Crippen LogP contribution in [-0.2, 0) is 17.8 Å². The van der Waals surface area contributed by atoms with Crippen molar-refractivity contribution >= 4 is 39.6 Å². The standard InChI is InChI=1S/C21H24N4O2S2/c1-25(14-16-7-3-2-4-8-16)11-6-10-22-19(26)13-17-15-29-21(23-17)24-20(27)18-9-5-12-28-18/h2-5,7-9,12,15H,6,10-11,13-14H2,1H3,(H,22,26)(H,23,24,27). The van der Waals surface area contributed by atoms with Crippen LogP contribution in [-0.4, -0.2) is 41.8 Å². The van der Waals surface area contributed by atoms with Crippen LogP contribution in [0.15, 0.2) is 53.2 Å². The van der Waals surface area contributed by atoms with Crippen LogP contribution in [0.5, 0.6) is 0 Å². The van der Waals surface area contributed by atoms with Crippen molar-refractivity contribution in [2.45, 2.75) is 19.4 Å². The molecule has 2 amide bonds. The van der Waals surface area contributed by atoms with E-state index < -0.39 is 0 Å². The number of benzene rings is 1. The van der Waals surface area contributed by atoms with Gasteiger partial charge in [0, 0.05) is 18.5 Å². The summed E-state index contributed by atoms with van der Waals surface area (Å²) in [4.78, 5) is 31.4. The van der Waals surface area contributed by atoms with E-state index in [1.807, 2.05) is 29.6 Å². The number of nitrogens with one attached hydrogen (secondary N) is 2. The van der Waals surface area contributed by atoms with Crippen LogP contribution >= 0.6 is 22.7 Å². The quantitative estimate of drug-likeness (QED) is 0.484. The molecule has 0 aliphatic carbocycles. The molecule has 0 atom stereocenters. The van der Waals surface area contributed by atoms with Crippen LogP contribution in [0.2, 0.25) is 0 Å². The first-order chi connectivity index (χ1) is 14.1. The topological polar surface area (TPSA) is 74.3 Å². The van der Waals surface area contributed by atoms with Gasteiger partial charge < -0.3 is 10.2 Å². The zero-order valence-corrected chi connectivity index (χ0v) is 17.9. The second kappa shape index (κ2) is 10.8. The Labute approximate surface area is 178 Å². The monoisotopic (exact) mass is 428 g/mol. The van der Waals surface area contributed by atoms with Crippen LogP contribution in [0.3, 0.4) is 0 Å². The first-order valence-electron chi connectivity index (χ1n) is 9.38. The molecule has 2 N–H and O–H groups in total. The molecule has 0 radical (unpaired) electrons. The molecule has 3 aromatic rings. The molecule has 0 aliphatic heterocycles. The number of thiophene rings is 1. The van der Waals surface area contributed by atoms with Crippen molar-refractivity contribution in [2.75, 3.05) is 25.5 Å². The van der Waals surface area contributed by atoms with Gasteiger partial charge in [0.25, 0.3) is 5.91 Å². The molecule has 6 nitrogen and oxygen atoms in total. The zero-order chi connectivity index (χ0) is 20.5. The lowest BCUT2D eigenvalue weighted by Crippen LogP contribution is -2.29. The molecular weight excluding hydrogens is 404 g/mol. The Kier molecular flexibility index (Phi) is 7.92. The van der Waals surface area contributed by atoms with Crippen molar-refractivity contribution in [1.29, 1.82) is 0 Å². The Morgan fingerprint density at radius 1 is 1.10 bits per heavy atom. The zero-order valence-electron chi connectivity index (χ0n) is 16.3. The van der Waals surface area contributed by atoms with Crippen LogP contribution < -0.4 is 10.6 Å². The van der Waals surface area contributed by atoms with Gasteiger partial charge >= 0.3 is 0 Å². The molecule has 0 fully saturated rings. The third-order valence-corrected chi connectivity index (χ3v) is 5.87. The number of amides is 2. The number of nitrogens with zero attached hydrogens (tertiary/aromatic N) is 2. The lowest BCUT2D eigenvalue weighted by Gasteiger charge is -2.16. The third kappa shape index (κ3) is 7.08.